The van der Waals surface area contributed by atoms with E-state index in [1.54, 1.807) is 7.05 Å². The van der Waals surface area contributed by atoms with Gasteiger partial charge in [0.25, 0.3) is 0 Å². The largest absolute Gasteiger partial charge is 0.311 e. The van der Waals surface area contributed by atoms with E-state index < -0.39 is 0 Å². The third kappa shape index (κ3) is 4.36. The molecule has 5 nitrogen and oxygen atoms in total. The summed E-state index contributed by atoms with van der Waals surface area (Å²) in [5.41, 5.74) is 7.94. The molecule has 1 atom stereocenters. The molecular weight excluding hydrogens is 144 g/mol. The second-order valence-electron chi connectivity index (χ2n) is 2.20. The molecule has 11 heavy (non-hydrogen) atoms. The summed E-state index contributed by atoms with van der Waals surface area (Å²) in [5.74, 6) is 0.0700. The second-order valence-corrected chi connectivity index (χ2v) is 2.20. The first-order valence-corrected chi connectivity index (χ1v) is 3.41. The zero-order valence-electron chi connectivity index (χ0n) is 6.74. The van der Waals surface area contributed by atoms with E-state index in [1.807, 2.05) is 0 Å². The zero-order valence-corrected chi connectivity index (χ0v) is 6.74. The molecule has 0 rings (SSSR count). The molecule has 0 bridgehead atoms. The molecule has 1 N–H and O–H groups in total. The van der Waals surface area contributed by atoms with E-state index in [0.29, 0.717) is 13.0 Å². The monoisotopic (exact) mass is 156 g/mol. The molecule has 0 fully saturated rings. The van der Waals surface area contributed by atoms with E-state index in [1.165, 1.54) is 6.92 Å². The number of hydrogen-bond acceptors (Lipinski definition) is 3. The Bertz CT molecular complexity index is 173. The van der Waals surface area contributed by atoms with Gasteiger partial charge in [0.15, 0.2) is 0 Å². The number of likely N-dealkylation sites (N-methyl/N-ethyl adjacent to an activating group) is 1. The summed E-state index contributed by atoms with van der Waals surface area (Å²) in [6.45, 7) is 1.87. The Hall–Kier alpha value is -1.06. The molecule has 0 radical (unpaired) electrons. The average Bonchev–Trinajstić information content (AvgIpc) is 1.97. The highest BCUT2D eigenvalue weighted by atomic mass is 16.1. The van der Waals surface area contributed by atoms with Crippen molar-refractivity contribution in [2.75, 3.05) is 13.6 Å². The van der Waals surface area contributed by atoms with Gasteiger partial charge in [-0.2, -0.15) is 0 Å². The highest BCUT2D eigenvalue weighted by Crippen LogP contribution is 1.93. The molecule has 0 aliphatic rings. The van der Waals surface area contributed by atoms with Crippen LogP contribution in [0.4, 0.5) is 0 Å². The highest BCUT2D eigenvalue weighted by Gasteiger charge is 2.09. The maximum atomic E-state index is 10.8. The van der Waals surface area contributed by atoms with Gasteiger partial charge in [0.05, 0.1) is 6.04 Å². The molecule has 62 valence electrons. The van der Waals surface area contributed by atoms with E-state index in [4.69, 9.17) is 5.53 Å². The molecule has 0 heterocycles. The Morgan fingerprint density at radius 2 is 2.45 bits per heavy atom. The SMILES string of the molecule is CN[C@@H](CCN=[N+]=[N-])C(C)=O. The zero-order chi connectivity index (χ0) is 8.69. The number of azide groups is 1. The Morgan fingerprint density at radius 1 is 1.82 bits per heavy atom. The lowest BCUT2D eigenvalue weighted by molar-refractivity contribution is -0.118. The predicted molar refractivity (Wildman–Crippen MR) is 42.2 cm³/mol. The fourth-order valence-electron chi connectivity index (χ4n) is 0.782. The normalized spacial score (nSPS) is 11.8. The fourth-order valence-corrected chi connectivity index (χ4v) is 0.782. The molecule has 0 saturated carbocycles. The van der Waals surface area contributed by atoms with Gasteiger partial charge >= 0.3 is 0 Å². The third-order valence-electron chi connectivity index (χ3n) is 1.42. The molecule has 0 aliphatic carbocycles. The van der Waals surface area contributed by atoms with Gasteiger partial charge in [-0.25, -0.2) is 0 Å². The molecule has 0 aliphatic heterocycles. The Balaban J connectivity index is 3.69. The summed E-state index contributed by atoms with van der Waals surface area (Å²) in [4.78, 5) is 13.4. The molecule has 0 saturated heterocycles. The van der Waals surface area contributed by atoms with Crippen molar-refractivity contribution in [2.45, 2.75) is 19.4 Å². The van der Waals surface area contributed by atoms with Crippen molar-refractivity contribution < 1.29 is 4.79 Å². The van der Waals surface area contributed by atoms with E-state index in [2.05, 4.69) is 15.3 Å². The lowest BCUT2D eigenvalue weighted by Crippen LogP contribution is -2.32. The molecule has 0 spiro atoms. The van der Waals surface area contributed by atoms with Crippen LogP contribution in [-0.4, -0.2) is 25.4 Å². The van der Waals surface area contributed by atoms with Crippen LogP contribution in [0.25, 0.3) is 10.4 Å². The minimum Gasteiger partial charge on any atom is -0.311 e. The van der Waals surface area contributed by atoms with Crippen molar-refractivity contribution in [1.82, 2.24) is 5.32 Å². The van der Waals surface area contributed by atoms with Crippen LogP contribution in [0.5, 0.6) is 0 Å². The lowest BCUT2D eigenvalue weighted by atomic mass is 10.1. The molecule has 0 unspecified atom stereocenters. The smallest absolute Gasteiger partial charge is 0.146 e. The molecule has 0 amide bonds. The number of nitrogens with one attached hydrogen (secondary N) is 1. The molecule has 0 aromatic carbocycles. The van der Waals surface area contributed by atoms with Crippen molar-refractivity contribution in [3.63, 3.8) is 0 Å². The highest BCUT2D eigenvalue weighted by molar-refractivity contribution is 5.81. The van der Waals surface area contributed by atoms with Crippen LogP contribution in [-0.2, 0) is 4.79 Å². The van der Waals surface area contributed by atoms with Gasteiger partial charge in [0.2, 0.25) is 0 Å². The minimum atomic E-state index is -0.180. The quantitative estimate of drug-likeness (QED) is 0.364. The second kappa shape index (κ2) is 5.70. The van der Waals surface area contributed by atoms with Gasteiger partial charge in [-0.05, 0) is 25.9 Å². The summed E-state index contributed by atoms with van der Waals surface area (Å²) >= 11 is 0. The van der Waals surface area contributed by atoms with Crippen molar-refractivity contribution >= 4 is 5.78 Å². The van der Waals surface area contributed by atoms with Crippen molar-refractivity contribution in [2.24, 2.45) is 5.11 Å². The summed E-state index contributed by atoms with van der Waals surface area (Å²) in [7, 11) is 1.71. The van der Waals surface area contributed by atoms with Crippen LogP contribution in [0, 0.1) is 0 Å². The van der Waals surface area contributed by atoms with Crippen LogP contribution < -0.4 is 5.32 Å². The molecule has 5 heteroatoms. The first kappa shape index (κ1) is 9.94. The Labute approximate surface area is 65.4 Å². The van der Waals surface area contributed by atoms with Crippen molar-refractivity contribution in [3.05, 3.63) is 10.4 Å². The Morgan fingerprint density at radius 3 is 2.82 bits per heavy atom. The van der Waals surface area contributed by atoms with Gasteiger partial charge in [0.1, 0.15) is 5.78 Å². The molecule has 0 aromatic rings. The fraction of sp³-hybridized carbons (Fsp3) is 0.833. The predicted octanol–water partition coefficient (Wildman–Crippen LogP) is 0.864. The van der Waals surface area contributed by atoms with Crippen LogP contribution >= 0.6 is 0 Å². The van der Waals surface area contributed by atoms with Crippen molar-refractivity contribution in [3.8, 4) is 0 Å². The van der Waals surface area contributed by atoms with Crippen molar-refractivity contribution in [1.29, 1.82) is 0 Å². The first-order valence-electron chi connectivity index (χ1n) is 3.41. The van der Waals surface area contributed by atoms with Gasteiger partial charge in [0, 0.05) is 11.5 Å². The van der Waals surface area contributed by atoms with Gasteiger partial charge in [-0.15, -0.1) is 0 Å². The van der Waals surface area contributed by atoms with Gasteiger partial charge < -0.3 is 5.32 Å². The summed E-state index contributed by atoms with van der Waals surface area (Å²) in [5, 5.41) is 6.16. The van der Waals surface area contributed by atoms with E-state index >= 15 is 0 Å². The topological polar surface area (TPSA) is 77.9 Å². The maximum absolute atomic E-state index is 10.8. The van der Waals surface area contributed by atoms with Gasteiger partial charge in [-0.1, -0.05) is 5.11 Å². The van der Waals surface area contributed by atoms with Crippen LogP contribution in [0.2, 0.25) is 0 Å². The lowest BCUT2D eigenvalue weighted by Gasteiger charge is -2.09. The summed E-state index contributed by atoms with van der Waals surface area (Å²) in [6, 6.07) is -0.180. The number of carbonyl (C=O) groups is 1. The minimum absolute atomic E-state index is 0.0700. The number of ketones is 1. The standard InChI is InChI=1S/C6H12N4O/c1-5(11)6(8-2)3-4-9-10-7/h6,8H,3-4H2,1-2H3/t6-/m0/s1. The summed E-state index contributed by atoms with van der Waals surface area (Å²) < 4.78 is 0. The first-order chi connectivity index (χ1) is 5.22. The van der Waals surface area contributed by atoms with E-state index in [0.717, 1.165) is 0 Å². The van der Waals surface area contributed by atoms with Crippen LogP contribution in [0.3, 0.4) is 0 Å². The maximum Gasteiger partial charge on any atom is 0.146 e. The molecular formula is C6H12N4O. The Kier molecular flexibility index (Phi) is 5.15. The number of rotatable bonds is 5. The number of carbonyl (C=O) groups excluding carboxylic acids is 1. The molecule has 0 aromatic heterocycles. The number of Topliss-reactive ketones (excluding diaryl/α,β-unsaturated/α-hetero) is 1. The average molecular weight is 156 g/mol. The number of hydrogen-bond donors (Lipinski definition) is 1. The van der Waals surface area contributed by atoms with E-state index in [-0.39, 0.29) is 11.8 Å². The van der Waals surface area contributed by atoms with Crippen LogP contribution in [0.15, 0.2) is 5.11 Å². The summed E-state index contributed by atoms with van der Waals surface area (Å²) in [6.07, 6.45) is 0.565. The van der Waals surface area contributed by atoms with Gasteiger partial charge in [-0.3, -0.25) is 4.79 Å². The van der Waals surface area contributed by atoms with E-state index in [9.17, 15) is 4.79 Å². The number of nitrogens with zero attached hydrogens (tertiary/aromatic N) is 3. The van der Waals surface area contributed by atoms with Crippen LogP contribution in [0.1, 0.15) is 13.3 Å². The third-order valence-corrected chi connectivity index (χ3v) is 1.42.